The first-order valence-electron chi connectivity index (χ1n) is 9.82. The summed E-state index contributed by atoms with van der Waals surface area (Å²) in [6, 6.07) is 7.61. The minimum Gasteiger partial charge on any atom is -0.497 e. The lowest BCUT2D eigenvalue weighted by Crippen LogP contribution is -2.22. The minimum atomic E-state index is -0.0445. The van der Waals surface area contributed by atoms with Gasteiger partial charge >= 0.3 is 0 Å². The molecular formula is C22H25N5O3. The number of anilines is 1. The highest BCUT2D eigenvalue weighted by Gasteiger charge is 2.35. The number of ketones is 1. The second-order valence-electron chi connectivity index (χ2n) is 7.42. The number of hydrogen-bond acceptors (Lipinski definition) is 7. The molecule has 0 spiro atoms. The number of nitrogens with zero attached hydrogens (tertiary/aromatic N) is 4. The summed E-state index contributed by atoms with van der Waals surface area (Å²) in [7, 11) is 5.01. The zero-order chi connectivity index (χ0) is 21.4. The van der Waals surface area contributed by atoms with Gasteiger partial charge < -0.3 is 14.8 Å². The Balaban J connectivity index is 1.83. The lowest BCUT2D eigenvalue weighted by molar-refractivity contribution is 0.0964. The van der Waals surface area contributed by atoms with Crippen LogP contribution in [0.5, 0.6) is 11.5 Å². The molecule has 0 fully saturated rings. The third-order valence-electron chi connectivity index (χ3n) is 5.41. The van der Waals surface area contributed by atoms with Crippen LogP contribution in [0.15, 0.2) is 24.3 Å². The number of methoxy groups -OCH3 is 2. The van der Waals surface area contributed by atoms with Gasteiger partial charge in [0.15, 0.2) is 11.6 Å². The molecule has 156 valence electrons. The average molecular weight is 407 g/mol. The van der Waals surface area contributed by atoms with Gasteiger partial charge in [0, 0.05) is 36.8 Å². The SMILES string of the molecule is CNc1nn(-c2nc(C)cc(C)n2)c2c1C(=O)C[C@@H](c1ccc(OC)cc1OC)C2. The van der Waals surface area contributed by atoms with Crippen molar-refractivity contribution < 1.29 is 14.3 Å². The van der Waals surface area contributed by atoms with E-state index < -0.39 is 0 Å². The number of hydrogen-bond donors (Lipinski definition) is 1. The van der Waals surface area contributed by atoms with Gasteiger partial charge in [0.25, 0.3) is 5.95 Å². The largest absolute Gasteiger partial charge is 0.497 e. The fourth-order valence-electron chi connectivity index (χ4n) is 4.08. The summed E-state index contributed by atoms with van der Waals surface area (Å²) in [5.41, 5.74) is 4.09. The number of rotatable bonds is 5. The maximum absolute atomic E-state index is 13.2. The lowest BCUT2D eigenvalue weighted by atomic mass is 9.81. The molecule has 4 rings (SSSR count). The molecule has 1 aliphatic rings. The van der Waals surface area contributed by atoms with Gasteiger partial charge in [-0.15, -0.1) is 5.10 Å². The average Bonchev–Trinajstić information content (AvgIpc) is 3.11. The molecule has 0 amide bonds. The molecule has 3 aromatic rings. The van der Waals surface area contributed by atoms with E-state index in [1.807, 2.05) is 38.1 Å². The molecule has 0 saturated heterocycles. The molecule has 1 N–H and O–H groups in total. The van der Waals surface area contributed by atoms with Crippen LogP contribution in [0.1, 0.15) is 45.3 Å². The van der Waals surface area contributed by atoms with Crippen LogP contribution in [-0.4, -0.2) is 46.8 Å². The van der Waals surface area contributed by atoms with Crippen molar-refractivity contribution in [3.05, 3.63) is 52.5 Å². The number of nitrogens with one attached hydrogen (secondary N) is 1. The smallest absolute Gasteiger partial charge is 0.251 e. The monoisotopic (exact) mass is 407 g/mol. The second-order valence-corrected chi connectivity index (χ2v) is 7.42. The predicted molar refractivity (Wildman–Crippen MR) is 113 cm³/mol. The van der Waals surface area contributed by atoms with Gasteiger partial charge in [0.1, 0.15) is 11.5 Å². The number of aromatic nitrogens is 4. The van der Waals surface area contributed by atoms with Crippen LogP contribution in [0.25, 0.3) is 5.95 Å². The Bertz CT molecular complexity index is 1100. The first-order chi connectivity index (χ1) is 14.4. The number of carbonyl (C=O) groups excluding carboxylic acids is 1. The molecule has 0 bridgehead atoms. The summed E-state index contributed by atoms with van der Waals surface area (Å²) in [5.74, 6) is 2.44. The van der Waals surface area contributed by atoms with E-state index in [0.717, 1.165) is 22.6 Å². The number of Topliss-reactive ketones (excluding diaryl/α,β-unsaturated/α-hetero) is 1. The quantitative estimate of drug-likeness (QED) is 0.694. The zero-order valence-electron chi connectivity index (χ0n) is 17.8. The van der Waals surface area contributed by atoms with Crippen LogP contribution in [0.3, 0.4) is 0 Å². The molecule has 8 heteroatoms. The van der Waals surface area contributed by atoms with E-state index in [9.17, 15) is 4.79 Å². The topological polar surface area (TPSA) is 91.2 Å². The van der Waals surface area contributed by atoms with Crippen molar-refractivity contribution in [1.29, 1.82) is 0 Å². The van der Waals surface area contributed by atoms with Crippen LogP contribution in [0, 0.1) is 13.8 Å². The van der Waals surface area contributed by atoms with Gasteiger partial charge in [-0.3, -0.25) is 4.79 Å². The normalized spacial score (nSPS) is 15.6. The second kappa shape index (κ2) is 7.78. The zero-order valence-corrected chi connectivity index (χ0v) is 17.8. The third-order valence-corrected chi connectivity index (χ3v) is 5.41. The van der Waals surface area contributed by atoms with Gasteiger partial charge in [-0.25, -0.2) is 14.6 Å². The molecule has 1 aromatic carbocycles. The molecule has 0 aliphatic heterocycles. The number of ether oxygens (including phenoxy) is 2. The van der Waals surface area contributed by atoms with Crippen LogP contribution in [0.4, 0.5) is 5.82 Å². The van der Waals surface area contributed by atoms with Crippen molar-refractivity contribution >= 4 is 11.6 Å². The molecule has 1 atom stereocenters. The van der Waals surface area contributed by atoms with Gasteiger partial charge in [-0.1, -0.05) is 6.07 Å². The third kappa shape index (κ3) is 3.38. The molecule has 8 nitrogen and oxygen atoms in total. The Morgan fingerprint density at radius 1 is 1.07 bits per heavy atom. The number of fused-ring (bicyclic) bond motifs is 1. The van der Waals surface area contributed by atoms with E-state index in [1.54, 1.807) is 25.9 Å². The van der Waals surface area contributed by atoms with E-state index in [4.69, 9.17) is 9.47 Å². The molecule has 0 saturated carbocycles. The molecule has 2 heterocycles. The molecular weight excluding hydrogens is 382 g/mol. The van der Waals surface area contributed by atoms with E-state index in [2.05, 4.69) is 20.4 Å². The highest BCUT2D eigenvalue weighted by Crippen LogP contribution is 2.40. The van der Waals surface area contributed by atoms with Crippen molar-refractivity contribution in [3.8, 4) is 17.4 Å². The molecule has 2 aromatic heterocycles. The molecule has 0 unspecified atom stereocenters. The Kier molecular flexibility index (Phi) is 5.15. The van der Waals surface area contributed by atoms with Crippen LogP contribution in [-0.2, 0) is 6.42 Å². The maximum Gasteiger partial charge on any atom is 0.251 e. The van der Waals surface area contributed by atoms with Crippen molar-refractivity contribution in [3.63, 3.8) is 0 Å². The van der Waals surface area contributed by atoms with Crippen molar-refractivity contribution in [2.24, 2.45) is 0 Å². The van der Waals surface area contributed by atoms with Crippen molar-refractivity contribution in [2.45, 2.75) is 32.6 Å². The molecule has 30 heavy (non-hydrogen) atoms. The minimum absolute atomic E-state index is 0.0408. The van der Waals surface area contributed by atoms with E-state index in [-0.39, 0.29) is 11.7 Å². The summed E-state index contributed by atoms with van der Waals surface area (Å²) >= 11 is 0. The summed E-state index contributed by atoms with van der Waals surface area (Å²) in [4.78, 5) is 22.2. The molecule has 1 aliphatic carbocycles. The fraction of sp³-hybridized carbons (Fsp3) is 0.364. The van der Waals surface area contributed by atoms with Crippen LogP contribution < -0.4 is 14.8 Å². The predicted octanol–water partition coefficient (Wildman–Crippen LogP) is 3.25. The van der Waals surface area contributed by atoms with Gasteiger partial charge in [0.05, 0.1) is 25.5 Å². The van der Waals surface area contributed by atoms with Gasteiger partial charge in [-0.05, 0) is 38.0 Å². The summed E-state index contributed by atoms with van der Waals surface area (Å²) in [6.07, 6.45) is 0.999. The maximum atomic E-state index is 13.2. The van der Waals surface area contributed by atoms with E-state index in [0.29, 0.717) is 41.7 Å². The van der Waals surface area contributed by atoms with Gasteiger partial charge in [-0.2, -0.15) is 0 Å². The van der Waals surface area contributed by atoms with Gasteiger partial charge in [0.2, 0.25) is 0 Å². The number of benzene rings is 1. The Morgan fingerprint density at radius 2 is 1.80 bits per heavy atom. The number of aryl methyl sites for hydroxylation is 2. The highest BCUT2D eigenvalue weighted by atomic mass is 16.5. The lowest BCUT2D eigenvalue weighted by Gasteiger charge is -2.24. The number of carbonyl (C=O) groups is 1. The fourth-order valence-corrected chi connectivity index (χ4v) is 4.08. The Labute approximate surface area is 175 Å². The summed E-state index contributed by atoms with van der Waals surface area (Å²) < 4.78 is 12.6. The van der Waals surface area contributed by atoms with Crippen molar-refractivity contribution in [2.75, 3.05) is 26.6 Å². The van der Waals surface area contributed by atoms with E-state index in [1.165, 1.54) is 0 Å². The molecule has 0 radical (unpaired) electrons. The van der Waals surface area contributed by atoms with E-state index >= 15 is 0 Å². The highest BCUT2D eigenvalue weighted by molar-refractivity contribution is 6.03. The first-order valence-corrected chi connectivity index (χ1v) is 9.82. The Morgan fingerprint density at radius 3 is 2.43 bits per heavy atom. The summed E-state index contributed by atoms with van der Waals surface area (Å²) in [5, 5.41) is 7.67. The van der Waals surface area contributed by atoms with Crippen molar-refractivity contribution in [1.82, 2.24) is 19.7 Å². The Hall–Kier alpha value is -3.42. The standard InChI is InChI=1S/C22H25N5O3/c1-12-8-13(2)25-22(24-12)27-17-9-14(10-18(28)20(17)21(23-3)26-27)16-7-6-15(29-4)11-19(16)30-5/h6-8,11,14H,9-10H2,1-5H3,(H,23,26)/t14-/m0/s1. The van der Waals surface area contributed by atoms with Crippen LogP contribution in [0.2, 0.25) is 0 Å². The van der Waals surface area contributed by atoms with Crippen LogP contribution >= 0.6 is 0 Å². The first kappa shape index (κ1) is 19.9. The summed E-state index contributed by atoms with van der Waals surface area (Å²) in [6.45, 7) is 3.84.